The van der Waals surface area contributed by atoms with Crippen LogP contribution in [0.5, 0.6) is 0 Å². The molecule has 1 N–H and O–H groups in total. The topological polar surface area (TPSA) is 64.8 Å². The summed E-state index contributed by atoms with van der Waals surface area (Å²) in [5.41, 5.74) is 0. The van der Waals surface area contributed by atoms with Crippen LogP contribution in [0.4, 0.5) is 11.6 Å². The van der Waals surface area contributed by atoms with Crippen LogP contribution in [-0.4, -0.2) is 30.6 Å². The third-order valence-electron chi connectivity index (χ3n) is 1.78. The first-order chi connectivity index (χ1) is 6.67. The normalized spacial score (nSPS) is 9.29. The summed E-state index contributed by atoms with van der Waals surface area (Å²) < 4.78 is 0. The Labute approximate surface area is 83.4 Å². The highest BCUT2D eigenvalue weighted by Crippen LogP contribution is 2.13. The van der Waals surface area contributed by atoms with E-state index in [2.05, 4.69) is 21.4 Å². The number of anilines is 2. The van der Waals surface area contributed by atoms with Crippen LogP contribution < -0.4 is 10.2 Å². The van der Waals surface area contributed by atoms with E-state index in [1.54, 1.807) is 11.9 Å². The Balaban J connectivity index is 2.97. The van der Waals surface area contributed by atoms with E-state index in [0.29, 0.717) is 12.4 Å². The van der Waals surface area contributed by atoms with Gasteiger partial charge in [0.15, 0.2) is 0 Å². The maximum atomic E-state index is 8.54. The molecule has 1 heterocycles. The monoisotopic (exact) mass is 191 g/mol. The van der Waals surface area contributed by atoms with Gasteiger partial charge in [-0.2, -0.15) is 5.26 Å². The third kappa shape index (κ3) is 2.33. The predicted molar refractivity (Wildman–Crippen MR) is 55.2 cm³/mol. The van der Waals surface area contributed by atoms with E-state index in [1.807, 2.05) is 20.0 Å². The highest BCUT2D eigenvalue weighted by atomic mass is 15.2. The van der Waals surface area contributed by atoms with Crippen molar-refractivity contribution in [2.24, 2.45) is 0 Å². The van der Waals surface area contributed by atoms with Crippen molar-refractivity contribution in [1.29, 1.82) is 5.26 Å². The molecule has 0 bridgehead atoms. The molecule has 0 aliphatic heterocycles. The van der Waals surface area contributed by atoms with Gasteiger partial charge in [-0.05, 0) is 6.92 Å². The number of aryl methyl sites for hydroxylation is 1. The van der Waals surface area contributed by atoms with Crippen molar-refractivity contribution in [3.63, 3.8) is 0 Å². The van der Waals surface area contributed by atoms with E-state index in [-0.39, 0.29) is 0 Å². The fourth-order valence-corrected chi connectivity index (χ4v) is 1.06. The van der Waals surface area contributed by atoms with Crippen LogP contribution in [0.25, 0.3) is 0 Å². The van der Waals surface area contributed by atoms with E-state index < -0.39 is 0 Å². The second-order valence-corrected chi connectivity index (χ2v) is 2.92. The number of hydrogen-bond donors (Lipinski definition) is 1. The van der Waals surface area contributed by atoms with E-state index in [9.17, 15) is 0 Å². The molecular formula is C9H13N5. The van der Waals surface area contributed by atoms with Gasteiger partial charge in [-0.3, -0.25) is 0 Å². The third-order valence-corrected chi connectivity index (χ3v) is 1.78. The zero-order valence-corrected chi connectivity index (χ0v) is 8.57. The molecule has 0 spiro atoms. The van der Waals surface area contributed by atoms with Crippen molar-refractivity contribution >= 4 is 11.6 Å². The highest BCUT2D eigenvalue weighted by molar-refractivity contribution is 5.49. The molecule has 0 amide bonds. The second-order valence-electron chi connectivity index (χ2n) is 2.92. The van der Waals surface area contributed by atoms with E-state index in [1.165, 1.54) is 0 Å². The standard InChI is InChI=1S/C9H13N5/c1-7-12-8(11-2)6-9(13-7)14(3)5-4-10/h6H,5H2,1-3H3,(H,11,12,13). The van der Waals surface area contributed by atoms with Gasteiger partial charge in [0.25, 0.3) is 0 Å². The zero-order valence-electron chi connectivity index (χ0n) is 8.57. The van der Waals surface area contributed by atoms with Gasteiger partial charge in [-0.25, -0.2) is 9.97 Å². The van der Waals surface area contributed by atoms with Gasteiger partial charge in [-0.1, -0.05) is 0 Å². The van der Waals surface area contributed by atoms with Gasteiger partial charge in [-0.15, -0.1) is 0 Å². The first-order valence-corrected chi connectivity index (χ1v) is 4.29. The molecule has 0 radical (unpaired) electrons. The molecule has 1 aromatic rings. The molecule has 1 rings (SSSR count). The summed E-state index contributed by atoms with van der Waals surface area (Å²) in [6.45, 7) is 2.14. The maximum absolute atomic E-state index is 8.54. The van der Waals surface area contributed by atoms with Gasteiger partial charge in [0.2, 0.25) is 0 Å². The van der Waals surface area contributed by atoms with Crippen molar-refractivity contribution < 1.29 is 0 Å². The summed E-state index contributed by atoms with van der Waals surface area (Å²) in [6.07, 6.45) is 0. The van der Waals surface area contributed by atoms with Gasteiger partial charge >= 0.3 is 0 Å². The molecule has 0 saturated carbocycles. The van der Waals surface area contributed by atoms with Crippen molar-refractivity contribution in [3.05, 3.63) is 11.9 Å². The second kappa shape index (κ2) is 4.42. The quantitative estimate of drug-likeness (QED) is 0.715. The van der Waals surface area contributed by atoms with Crippen molar-refractivity contribution in [2.75, 3.05) is 30.9 Å². The molecule has 0 aliphatic carbocycles. The fourth-order valence-electron chi connectivity index (χ4n) is 1.06. The average molecular weight is 191 g/mol. The van der Waals surface area contributed by atoms with Gasteiger partial charge < -0.3 is 10.2 Å². The number of nitrogens with one attached hydrogen (secondary N) is 1. The fraction of sp³-hybridized carbons (Fsp3) is 0.444. The number of aromatic nitrogens is 2. The van der Waals surface area contributed by atoms with Crippen LogP contribution in [0.15, 0.2) is 6.07 Å². The predicted octanol–water partition coefficient (Wildman–Crippen LogP) is 0.786. The van der Waals surface area contributed by atoms with Gasteiger partial charge in [0, 0.05) is 20.2 Å². The summed E-state index contributed by atoms with van der Waals surface area (Å²) >= 11 is 0. The highest BCUT2D eigenvalue weighted by Gasteiger charge is 2.04. The van der Waals surface area contributed by atoms with Crippen LogP contribution in [-0.2, 0) is 0 Å². The molecule has 0 atom stereocenters. The molecule has 1 aromatic heterocycles. The largest absolute Gasteiger partial charge is 0.373 e. The Morgan fingerprint density at radius 1 is 1.57 bits per heavy atom. The Kier molecular flexibility index (Phi) is 3.24. The molecule has 5 nitrogen and oxygen atoms in total. The zero-order chi connectivity index (χ0) is 10.6. The summed E-state index contributed by atoms with van der Waals surface area (Å²) in [6, 6.07) is 3.88. The van der Waals surface area contributed by atoms with E-state index in [4.69, 9.17) is 5.26 Å². The van der Waals surface area contributed by atoms with Gasteiger partial charge in [0.05, 0.1) is 6.07 Å². The summed E-state index contributed by atoms with van der Waals surface area (Å²) in [5.74, 6) is 2.21. The van der Waals surface area contributed by atoms with E-state index in [0.717, 1.165) is 11.6 Å². The lowest BCUT2D eigenvalue weighted by molar-refractivity contribution is 0.952. The maximum Gasteiger partial charge on any atom is 0.134 e. The van der Waals surface area contributed by atoms with Crippen LogP contribution >= 0.6 is 0 Å². The molecule has 0 saturated heterocycles. The summed E-state index contributed by atoms with van der Waals surface area (Å²) in [4.78, 5) is 10.2. The molecule has 0 aliphatic rings. The molecule has 14 heavy (non-hydrogen) atoms. The van der Waals surface area contributed by atoms with Gasteiger partial charge in [0.1, 0.15) is 24.0 Å². The van der Waals surface area contributed by atoms with E-state index >= 15 is 0 Å². The number of rotatable bonds is 3. The number of nitriles is 1. The number of nitrogens with zero attached hydrogens (tertiary/aromatic N) is 4. The number of hydrogen-bond acceptors (Lipinski definition) is 5. The van der Waals surface area contributed by atoms with Crippen LogP contribution in [0.2, 0.25) is 0 Å². The molecule has 5 heteroatoms. The summed E-state index contributed by atoms with van der Waals surface area (Å²) in [7, 11) is 3.63. The van der Waals surface area contributed by atoms with Crippen LogP contribution in [0, 0.1) is 18.3 Å². The minimum absolute atomic E-state index is 0.319. The van der Waals surface area contributed by atoms with Crippen LogP contribution in [0.3, 0.4) is 0 Å². The molecular weight excluding hydrogens is 178 g/mol. The first-order valence-electron chi connectivity index (χ1n) is 4.29. The van der Waals surface area contributed by atoms with Crippen molar-refractivity contribution in [3.8, 4) is 6.07 Å². The SMILES string of the molecule is CNc1cc(N(C)CC#N)nc(C)n1. The van der Waals surface area contributed by atoms with Crippen LogP contribution in [0.1, 0.15) is 5.82 Å². The van der Waals surface area contributed by atoms with Crippen molar-refractivity contribution in [2.45, 2.75) is 6.92 Å². The lowest BCUT2D eigenvalue weighted by atomic mass is 10.4. The minimum Gasteiger partial charge on any atom is -0.373 e. The lowest BCUT2D eigenvalue weighted by Crippen LogP contribution is -2.19. The minimum atomic E-state index is 0.319. The molecule has 0 unspecified atom stereocenters. The smallest absolute Gasteiger partial charge is 0.134 e. The first kappa shape index (κ1) is 10.3. The molecule has 0 fully saturated rings. The Hall–Kier alpha value is -1.83. The van der Waals surface area contributed by atoms with Crippen molar-refractivity contribution in [1.82, 2.24) is 9.97 Å². The molecule has 0 aromatic carbocycles. The molecule has 74 valence electrons. The lowest BCUT2D eigenvalue weighted by Gasteiger charge is -2.15. The Morgan fingerprint density at radius 3 is 2.86 bits per heavy atom. The Morgan fingerprint density at radius 2 is 2.29 bits per heavy atom. The average Bonchev–Trinajstić information content (AvgIpc) is 2.17. The summed E-state index contributed by atoms with van der Waals surface area (Å²) in [5, 5.41) is 11.5. The Bertz CT molecular complexity index is 355.